The zero-order valence-electron chi connectivity index (χ0n) is 9.90. The van der Waals surface area contributed by atoms with Crippen LogP contribution in [0, 0.1) is 13.8 Å². The van der Waals surface area contributed by atoms with Crippen molar-refractivity contribution in [3.8, 4) is 0 Å². The Morgan fingerprint density at radius 2 is 2.00 bits per heavy atom. The maximum atomic E-state index is 5.32. The second-order valence-electron chi connectivity index (χ2n) is 3.99. The summed E-state index contributed by atoms with van der Waals surface area (Å²) >= 11 is 5.32. The summed E-state index contributed by atoms with van der Waals surface area (Å²) in [6.45, 7) is 4.14. The average molecular weight is 242 g/mol. The van der Waals surface area contributed by atoms with Crippen LogP contribution in [0.1, 0.15) is 16.8 Å². The third-order valence-electron chi connectivity index (χ3n) is 2.53. The molecule has 0 saturated heterocycles. The Kier molecular flexibility index (Phi) is 3.49. The van der Waals surface area contributed by atoms with E-state index in [-0.39, 0.29) is 0 Å². The van der Waals surface area contributed by atoms with E-state index in [1.807, 2.05) is 24.3 Å². The second-order valence-corrected chi connectivity index (χ2v) is 4.40. The van der Waals surface area contributed by atoms with E-state index in [2.05, 4.69) is 36.3 Å². The van der Waals surface area contributed by atoms with Crippen molar-refractivity contribution in [3.63, 3.8) is 0 Å². The molecule has 0 aliphatic rings. The van der Waals surface area contributed by atoms with Crippen LogP contribution < -0.4 is 5.32 Å². The fourth-order valence-corrected chi connectivity index (χ4v) is 1.87. The van der Waals surface area contributed by atoms with Crippen molar-refractivity contribution in [3.05, 3.63) is 59.4 Å². The van der Waals surface area contributed by atoms with Crippen molar-refractivity contribution in [2.75, 3.05) is 5.32 Å². The summed E-state index contributed by atoms with van der Waals surface area (Å²) in [4.78, 5) is 4.87. The Balaban J connectivity index is 2.19. The quantitative estimate of drug-likeness (QED) is 0.816. The van der Waals surface area contributed by atoms with Crippen LogP contribution in [0.15, 0.2) is 42.6 Å². The van der Waals surface area contributed by atoms with Gasteiger partial charge in [-0.1, -0.05) is 36.0 Å². The number of nitrogens with zero attached hydrogens (tertiary/aromatic N) is 1. The maximum Gasteiger partial charge on any atom is 0.129 e. The molecule has 0 aliphatic heterocycles. The Morgan fingerprint density at radius 3 is 2.65 bits per heavy atom. The first-order valence-corrected chi connectivity index (χ1v) is 5.87. The first-order chi connectivity index (χ1) is 8.16. The number of rotatable bonds is 2. The molecule has 3 heteroatoms. The van der Waals surface area contributed by atoms with E-state index >= 15 is 0 Å². The Morgan fingerprint density at radius 1 is 1.18 bits per heavy atom. The van der Waals surface area contributed by atoms with E-state index in [0.29, 0.717) is 4.99 Å². The number of benzene rings is 1. The van der Waals surface area contributed by atoms with Crippen molar-refractivity contribution >= 4 is 22.9 Å². The smallest absolute Gasteiger partial charge is 0.129 e. The van der Waals surface area contributed by atoms with Gasteiger partial charge >= 0.3 is 0 Å². The number of pyridine rings is 1. The third kappa shape index (κ3) is 2.88. The predicted octanol–water partition coefficient (Wildman–Crippen LogP) is 3.49. The summed E-state index contributed by atoms with van der Waals surface area (Å²) in [5.74, 6) is 0. The highest BCUT2D eigenvalue weighted by atomic mass is 32.1. The van der Waals surface area contributed by atoms with E-state index in [0.717, 1.165) is 11.4 Å². The lowest BCUT2D eigenvalue weighted by atomic mass is 10.1. The summed E-state index contributed by atoms with van der Waals surface area (Å²) in [7, 11) is 0. The molecule has 1 aromatic carbocycles. The molecule has 0 aliphatic carbocycles. The number of hydrogen-bond donors (Lipinski definition) is 1. The first kappa shape index (κ1) is 11.7. The molecule has 2 nitrogen and oxygen atoms in total. The number of hydrogen-bond acceptors (Lipinski definition) is 2. The van der Waals surface area contributed by atoms with Gasteiger partial charge in [0.1, 0.15) is 4.99 Å². The molecule has 1 heterocycles. The van der Waals surface area contributed by atoms with Gasteiger partial charge in [-0.15, -0.1) is 0 Å². The van der Waals surface area contributed by atoms with Crippen molar-refractivity contribution in [2.45, 2.75) is 13.8 Å². The van der Waals surface area contributed by atoms with Crippen molar-refractivity contribution < 1.29 is 0 Å². The van der Waals surface area contributed by atoms with Crippen molar-refractivity contribution in [2.24, 2.45) is 0 Å². The van der Waals surface area contributed by atoms with Crippen LogP contribution in [0.5, 0.6) is 0 Å². The zero-order valence-corrected chi connectivity index (χ0v) is 10.7. The van der Waals surface area contributed by atoms with Crippen LogP contribution >= 0.6 is 12.2 Å². The van der Waals surface area contributed by atoms with E-state index in [4.69, 9.17) is 12.2 Å². The van der Waals surface area contributed by atoms with Gasteiger partial charge in [0.05, 0.1) is 5.69 Å². The van der Waals surface area contributed by atoms with E-state index in [1.165, 1.54) is 11.1 Å². The molecule has 0 atom stereocenters. The fraction of sp³-hybridized carbons (Fsp3) is 0.143. The number of nitrogens with one attached hydrogen (secondary N) is 1. The highest BCUT2D eigenvalue weighted by Crippen LogP contribution is 2.16. The highest BCUT2D eigenvalue weighted by molar-refractivity contribution is 7.81. The van der Waals surface area contributed by atoms with Gasteiger partial charge in [-0.3, -0.25) is 4.98 Å². The Labute approximate surface area is 107 Å². The number of anilines is 1. The molecule has 0 amide bonds. The molecular weight excluding hydrogens is 228 g/mol. The lowest BCUT2D eigenvalue weighted by Crippen LogP contribution is -2.12. The zero-order chi connectivity index (χ0) is 12.3. The van der Waals surface area contributed by atoms with Gasteiger partial charge in [-0.2, -0.15) is 0 Å². The van der Waals surface area contributed by atoms with Gasteiger partial charge in [0, 0.05) is 11.9 Å². The Hall–Kier alpha value is -1.74. The highest BCUT2D eigenvalue weighted by Gasteiger charge is 2.04. The minimum absolute atomic E-state index is 0.651. The molecule has 17 heavy (non-hydrogen) atoms. The predicted molar refractivity (Wildman–Crippen MR) is 75.5 cm³/mol. The average Bonchev–Trinajstić information content (AvgIpc) is 2.34. The monoisotopic (exact) mass is 242 g/mol. The van der Waals surface area contributed by atoms with Crippen LogP contribution in [0.4, 0.5) is 5.69 Å². The van der Waals surface area contributed by atoms with Gasteiger partial charge in [0.25, 0.3) is 0 Å². The summed E-state index contributed by atoms with van der Waals surface area (Å²) < 4.78 is 0. The third-order valence-corrected chi connectivity index (χ3v) is 2.84. The number of aryl methyl sites for hydroxylation is 2. The lowest BCUT2D eigenvalue weighted by Gasteiger charge is -2.10. The Bertz CT molecular complexity index is 535. The van der Waals surface area contributed by atoms with Crippen molar-refractivity contribution in [1.29, 1.82) is 0 Å². The van der Waals surface area contributed by atoms with Crippen molar-refractivity contribution in [1.82, 2.24) is 4.98 Å². The lowest BCUT2D eigenvalue weighted by molar-refractivity contribution is 1.29. The SMILES string of the molecule is Cc1ccc(NC(=S)c2ccccn2)c(C)c1. The molecule has 0 saturated carbocycles. The van der Waals surface area contributed by atoms with Crippen LogP contribution in [0.25, 0.3) is 0 Å². The topological polar surface area (TPSA) is 24.9 Å². The van der Waals surface area contributed by atoms with E-state index in [1.54, 1.807) is 6.20 Å². The molecule has 2 rings (SSSR count). The molecular formula is C14H14N2S. The summed E-state index contributed by atoms with van der Waals surface area (Å²) in [6.07, 6.45) is 1.74. The molecule has 1 aromatic heterocycles. The fourth-order valence-electron chi connectivity index (χ4n) is 1.64. The van der Waals surface area contributed by atoms with Crippen LogP contribution in [-0.2, 0) is 0 Å². The normalized spacial score (nSPS) is 10.0. The minimum atomic E-state index is 0.651. The van der Waals surface area contributed by atoms with Gasteiger partial charge in [-0.25, -0.2) is 0 Å². The molecule has 0 radical (unpaired) electrons. The molecule has 0 unspecified atom stereocenters. The summed E-state index contributed by atoms with van der Waals surface area (Å²) in [6, 6.07) is 11.9. The number of aromatic nitrogens is 1. The maximum absolute atomic E-state index is 5.32. The van der Waals surface area contributed by atoms with Gasteiger partial charge < -0.3 is 5.32 Å². The summed E-state index contributed by atoms with van der Waals surface area (Å²) in [5, 5.41) is 3.22. The first-order valence-electron chi connectivity index (χ1n) is 5.46. The van der Waals surface area contributed by atoms with Gasteiger partial charge in [0.15, 0.2) is 0 Å². The molecule has 2 aromatic rings. The van der Waals surface area contributed by atoms with E-state index in [9.17, 15) is 0 Å². The summed E-state index contributed by atoms with van der Waals surface area (Å²) in [5.41, 5.74) is 4.26. The van der Waals surface area contributed by atoms with Crippen LogP contribution in [-0.4, -0.2) is 9.97 Å². The number of thiocarbonyl (C=S) groups is 1. The van der Waals surface area contributed by atoms with Gasteiger partial charge in [0.2, 0.25) is 0 Å². The van der Waals surface area contributed by atoms with Crippen LogP contribution in [0.2, 0.25) is 0 Å². The van der Waals surface area contributed by atoms with Gasteiger partial charge in [-0.05, 0) is 37.6 Å². The molecule has 1 N–H and O–H groups in total. The second kappa shape index (κ2) is 5.06. The molecule has 0 fully saturated rings. The minimum Gasteiger partial charge on any atom is -0.345 e. The largest absolute Gasteiger partial charge is 0.345 e. The molecule has 0 bridgehead atoms. The molecule has 0 spiro atoms. The molecule has 86 valence electrons. The van der Waals surface area contributed by atoms with E-state index < -0.39 is 0 Å². The standard InChI is InChI=1S/C14H14N2S/c1-10-6-7-12(11(2)9-10)16-14(17)13-5-3-4-8-15-13/h3-9H,1-2H3,(H,16,17). The van der Waals surface area contributed by atoms with Crippen LogP contribution in [0.3, 0.4) is 0 Å².